The Balaban J connectivity index is 1.67. The second-order valence-corrected chi connectivity index (χ2v) is 6.95. The number of nitrogens with zero attached hydrogens (tertiary/aromatic N) is 1. The lowest BCUT2D eigenvalue weighted by atomic mass is 10.0. The van der Waals surface area contributed by atoms with E-state index in [1.807, 2.05) is 24.3 Å². The number of pyridine rings is 1. The largest absolute Gasteiger partial charge is 0.376 e. The molecule has 6 nitrogen and oxygen atoms in total. The van der Waals surface area contributed by atoms with Crippen molar-refractivity contribution in [3.63, 3.8) is 0 Å². The molecule has 0 aliphatic carbocycles. The van der Waals surface area contributed by atoms with E-state index in [1.165, 1.54) is 0 Å². The predicted octanol–water partition coefficient (Wildman–Crippen LogP) is 3.37. The van der Waals surface area contributed by atoms with Gasteiger partial charge in [-0.15, -0.1) is 0 Å². The number of carbonyl (C=O) groups excluding carboxylic acids is 2. The van der Waals surface area contributed by atoms with Crippen molar-refractivity contribution in [3.05, 3.63) is 59.4 Å². The molecule has 0 saturated carbocycles. The SMILES string of the molecule is CC(C)c1ccccc1NC(=O)c1cccc(C(=O)NCC2CCCO2)n1. The van der Waals surface area contributed by atoms with Crippen LogP contribution in [0.3, 0.4) is 0 Å². The molecule has 1 aromatic heterocycles. The summed E-state index contributed by atoms with van der Waals surface area (Å²) in [5.41, 5.74) is 2.24. The number of benzene rings is 1. The van der Waals surface area contributed by atoms with Crippen LogP contribution in [0.4, 0.5) is 5.69 Å². The molecule has 27 heavy (non-hydrogen) atoms. The first kappa shape index (κ1) is 19.0. The summed E-state index contributed by atoms with van der Waals surface area (Å²) < 4.78 is 5.50. The van der Waals surface area contributed by atoms with Gasteiger partial charge in [-0.3, -0.25) is 9.59 Å². The van der Waals surface area contributed by atoms with Gasteiger partial charge in [0.15, 0.2) is 0 Å². The summed E-state index contributed by atoms with van der Waals surface area (Å²) in [6, 6.07) is 12.5. The number of rotatable bonds is 6. The maximum absolute atomic E-state index is 12.6. The molecule has 1 fully saturated rings. The molecular formula is C21H25N3O3. The van der Waals surface area contributed by atoms with E-state index in [0.717, 1.165) is 30.7 Å². The Kier molecular flexibility index (Phi) is 6.19. The molecule has 0 radical (unpaired) electrons. The van der Waals surface area contributed by atoms with Crippen LogP contribution in [0.15, 0.2) is 42.5 Å². The summed E-state index contributed by atoms with van der Waals surface area (Å²) in [5, 5.41) is 5.72. The fraction of sp³-hybridized carbons (Fsp3) is 0.381. The van der Waals surface area contributed by atoms with Gasteiger partial charge in [0.2, 0.25) is 0 Å². The Morgan fingerprint density at radius 3 is 2.56 bits per heavy atom. The summed E-state index contributed by atoms with van der Waals surface area (Å²) in [6.07, 6.45) is 2.03. The summed E-state index contributed by atoms with van der Waals surface area (Å²) in [6.45, 7) is 5.34. The number of nitrogens with one attached hydrogen (secondary N) is 2. The molecule has 0 bridgehead atoms. The molecule has 1 unspecified atom stereocenters. The standard InChI is InChI=1S/C21H25N3O3/c1-14(2)16-8-3-4-9-17(16)24-21(26)19-11-5-10-18(23-19)20(25)22-13-15-7-6-12-27-15/h3-5,8-11,14-15H,6-7,12-13H2,1-2H3,(H,22,25)(H,24,26). The van der Waals surface area contributed by atoms with Crippen LogP contribution in [0.5, 0.6) is 0 Å². The summed E-state index contributed by atoms with van der Waals surface area (Å²) >= 11 is 0. The molecule has 1 aromatic carbocycles. The first-order valence-corrected chi connectivity index (χ1v) is 9.31. The van der Waals surface area contributed by atoms with Crippen molar-refractivity contribution in [3.8, 4) is 0 Å². The first-order valence-electron chi connectivity index (χ1n) is 9.31. The molecule has 142 valence electrons. The second-order valence-electron chi connectivity index (χ2n) is 6.95. The van der Waals surface area contributed by atoms with Crippen molar-refractivity contribution in [2.45, 2.75) is 38.7 Å². The van der Waals surface area contributed by atoms with E-state index in [2.05, 4.69) is 29.5 Å². The highest BCUT2D eigenvalue weighted by Crippen LogP contribution is 2.24. The Morgan fingerprint density at radius 1 is 1.11 bits per heavy atom. The molecular weight excluding hydrogens is 342 g/mol. The highest BCUT2D eigenvalue weighted by molar-refractivity contribution is 6.04. The molecule has 3 rings (SSSR count). The van der Waals surface area contributed by atoms with E-state index in [1.54, 1.807) is 18.2 Å². The maximum atomic E-state index is 12.6. The summed E-state index contributed by atoms with van der Waals surface area (Å²) in [7, 11) is 0. The lowest BCUT2D eigenvalue weighted by molar-refractivity contribution is 0.0853. The highest BCUT2D eigenvalue weighted by Gasteiger charge is 2.18. The van der Waals surface area contributed by atoms with Crippen molar-refractivity contribution >= 4 is 17.5 Å². The zero-order valence-corrected chi connectivity index (χ0v) is 15.7. The fourth-order valence-corrected chi connectivity index (χ4v) is 3.09. The number of amides is 2. The zero-order valence-electron chi connectivity index (χ0n) is 15.7. The quantitative estimate of drug-likeness (QED) is 0.820. The van der Waals surface area contributed by atoms with Gasteiger partial charge in [0.05, 0.1) is 6.10 Å². The number of para-hydroxylation sites is 1. The fourth-order valence-electron chi connectivity index (χ4n) is 3.09. The molecule has 2 amide bonds. The Bertz CT molecular complexity index is 814. The number of hydrogen-bond acceptors (Lipinski definition) is 4. The van der Waals surface area contributed by atoms with Crippen molar-refractivity contribution in [1.29, 1.82) is 0 Å². The molecule has 1 aliphatic heterocycles. The normalized spacial score (nSPS) is 16.3. The minimum atomic E-state index is -0.336. The molecule has 0 spiro atoms. The van der Waals surface area contributed by atoms with Crippen LogP contribution >= 0.6 is 0 Å². The average molecular weight is 367 g/mol. The Labute approximate surface area is 159 Å². The highest BCUT2D eigenvalue weighted by atomic mass is 16.5. The van der Waals surface area contributed by atoms with Gasteiger partial charge < -0.3 is 15.4 Å². The van der Waals surface area contributed by atoms with Crippen LogP contribution in [-0.2, 0) is 4.74 Å². The van der Waals surface area contributed by atoms with Crippen LogP contribution in [0, 0.1) is 0 Å². The van der Waals surface area contributed by atoms with E-state index in [9.17, 15) is 9.59 Å². The van der Waals surface area contributed by atoms with Gasteiger partial charge in [-0.05, 0) is 42.5 Å². The van der Waals surface area contributed by atoms with Crippen molar-refractivity contribution in [2.24, 2.45) is 0 Å². The smallest absolute Gasteiger partial charge is 0.274 e. The van der Waals surface area contributed by atoms with E-state index in [-0.39, 0.29) is 35.2 Å². The molecule has 1 aliphatic rings. The number of anilines is 1. The predicted molar refractivity (Wildman–Crippen MR) is 104 cm³/mol. The third-order valence-corrected chi connectivity index (χ3v) is 4.56. The van der Waals surface area contributed by atoms with Crippen molar-refractivity contribution in [1.82, 2.24) is 10.3 Å². The summed E-state index contributed by atoms with van der Waals surface area (Å²) in [5.74, 6) is -0.357. The third kappa shape index (κ3) is 4.92. The van der Waals surface area contributed by atoms with Gasteiger partial charge in [-0.1, -0.05) is 38.1 Å². The van der Waals surface area contributed by atoms with E-state index in [4.69, 9.17) is 4.74 Å². The molecule has 6 heteroatoms. The maximum Gasteiger partial charge on any atom is 0.274 e. The Hall–Kier alpha value is -2.73. The molecule has 2 N–H and O–H groups in total. The minimum Gasteiger partial charge on any atom is -0.376 e. The topological polar surface area (TPSA) is 80.3 Å². The monoisotopic (exact) mass is 367 g/mol. The van der Waals surface area contributed by atoms with Crippen LogP contribution in [-0.4, -0.2) is 36.1 Å². The third-order valence-electron chi connectivity index (χ3n) is 4.56. The van der Waals surface area contributed by atoms with Gasteiger partial charge in [0, 0.05) is 18.8 Å². The van der Waals surface area contributed by atoms with E-state index >= 15 is 0 Å². The van der Waals surface area contributed by atoms with E-state index < -0.39 is 0 Å². The summed E-state index contributed by atoms with van der Waals surface area (Å²) in [4.78, 5) is 29.1. The lowest BCUT2D eigenvalue weighted by Gasteiger charge is -2.14. The molecule has 2 heterocycles. The average Bonchev–Trinajstić information content (AvgIpc) is 3.20. The number of hydrogen-bond donors (Lipinski definition) is 2. The van der Waals surface area contributed by atoms with Crippen LogP contribution in [0.1, 0.15) is 59.1 Å². The lowest BCUT2D eigenvalue weighted by Crippen LogP contribution is -2.32. The zero-order chi connectivity index (χ0) is 19.2. The van der Waals surface area contributed by atoms with Gasteiger partial charge >= 0.3 is 0 Å². The van der Waals surface area contributed by atoms with Crippen LogP contribution in [0.2, 0.25) is 0 Å². The van der Waals surface area contributed by atoms with Gasteiger partial charge in [-0.2, -0.15) is 0 Å². The van der Waals surface area contributed by atoms with Crippen LogP contribution < -0.4 is 10.6 Å². The van der Waals surface area contributed by atoms with Gasteiger partial charge in [0.25, 0.3) is 11.8 Å². The van der Waals surface area contributed by atoms with Crippen molar-refractivity contribution in [2.75, 3.05) is 18.5 Å². The minimum absolute atomic E-state index is 0.0629. The Morgan fingerprint density at radius 2 is 1.85 bits per heavy atom. The number of aromatic nitrogens is 1. The number of carbonyl (C=O) groups is 2. The molecule has 2 aromatic rings. The van der Waals surface area contributed by atoms with Gasteiger partial charge in [0.1, 0.15) is 11.4 Å². The van der Waals surface area contributed by atoms with Gasteiger partial charge in [-0.25, -0.2) is 4.98 Å². The van der Waals surface area contributed by atoms with Crippen molar-refractivity contribution < 1.29 is 14.3 Å². The number of ether oxygens (including phenoxy) is 1. The first-order chi connectivity index (χ1) is 13.0. The van der Waals surface area contributed by atoms with Crippen LogP contribution in [0.25, 0.3) is 0 Å². The second kappa shape index (κ2) is 8.77. The van der Waals surface area contributed by atoms with E-state index in [0.29, 0.717) is 6.54 Å². The molecule has 1 saturated heterocycles. The molecule has 1 atom stereocenters.